The number of carbonyl (C=O) groups is 7. The fraction of sp³-hybridized carbons (Fsp3) is 0.391. The van der Waals surface area contributed by atoms with Crippen LogP contribution >= 0.6 is 0 Å². The molecule has 4 atom stereocenters. The average molecular weight is 1160 g/mol. The summed E-state index contributed by atoms with van der Waals surface area (Å²) in [4.78, 5) is 110. The molecule has 4 aromatic carbocycles. The minimum Gasteiger partial charge on any atom is -0.493 e. The lowest BCUT2D eigenvalue weighted by Crippen LogP contribution is -2.53. The Morgan fingerprint density at radius 2 is 1.15 bits per heavy atom. The van der Waals surface area contributed by atoms with Gasteiger partial charge in [0.05, 0.1) is 62.0 Å². The molecule has 1 saturated heterocycles. The number of nitrogens with one attached hydrogen (secondary N) is 3. The third kappa shape index (κ3) is 13.5. The van der Waals surface area contributed by atoms with Gasteiger partial charge in [-0.3, -0.25) is 48.4 Å². The SMILES string of the molecule is COc1cc2c(cc1OCCCOc1cc3c(cc1OC)C(=O)N1C=C(c4ccc(N5CCN(C)CC5)cc4)C[C@H]1C=N3)N=CC1CC(c3ccc(NC(=O)[C@H](C)NC(=O)[C@@H](NC(=O)CCCCCN4C(=O)C=CC4=O)C(C)C)cc3)=CN1C2=O. The number of benzene rings is 4. The van der Waals surface area contributed by atoms with E-state index in [1.807, 2.05) is 30.7 Å². The quantitative estimate of drug-likeness (QED) is 0.0489. The van der Waals surface area contributed by atoms with Crippen LogP contribution in [0, 0.1) is 5.92 Å². The van der Waals surface area contributed by atoms with Crippen LogP contribution in [0.4, 0.5) is 22.7 Å². The zero-order chi connectivity index (χ0) is 59.9. The third-order valence-corrected chi connectivity index (χ3v) is 16.1. The summed E-state index contributed by atoms with van der Waals surface area (Å²) < 4.78 is 23.8. The highest BCUT2D eigenvalue weighted by Gasteiger charge is 2.36. The number of rotatable bonds is 23. The van der Waals surface area contributed by atoms with Gasteiger partial charge in [-0.25, -0.2) is 0 Å². The predicted octanol–water partition coefficient (Wildman–Crippen LogP) is 7.32. The van der Waals surface area contributed by atoms with E-state index in [4.69, 9.17) is 28.9 Å². The van der Waals surface area contributed by atoms with E-state index in [1.54, 1.807) is 73.2 Å². The topological polar surface area (TPSA) is 233 Å². The van der Waals surface area contributed by atoms with Crippen LogP contribution in [-0.4, -0.2) is 165 Å². The van der Waals surface area contributed by atoms with Gasteiger partial charge in [0, 0.05) is 119 Å². The Balaban J connectivity index is 0.682. The van der Waals surface area contributed by atoms with Crippen LogP contribution in [0.2, 0.25) is 0 Å². The van der Waals surface area contributed by atoms with Crippen molar-refractivity contribution in [2.24, 2.45) is 15.9 Å². The number of hydrogen-bond acceptors (Lipinski definition) is 15. The second kappa shape index (κ2) is 26.2. The Morgan fingerprint density at radius 1 is 0.624 bits per heavy atom. The number of piperazine rings is 1. The number of carbonyl (C=O) groups excluding carboxylic acids is 7. The number of aliphatic imine (C=N–C) groups is 2. The van der Waals surface area contributed by atoms with E-state index in [1.165, 1.54) is 37.0 Å². The van der Waals surface area contributed by atoms with Crippen molar-refractivity contribution in [1.29, 1.82) is 0 Å². The minimum absolute atomic E-state index is 0.161. The molecule has 0 saturated carbocycles. The van der Waals surface area contributed by atoms with E-state index in [-0.39, 0.29) is 73.7 Å². The zero-order valence-corrected chi connectivity index (χ0v) is 48.8. The molecule has 21 heteroatoms. The predicted molar refractivity (Wildman–Crippen MR) is 323 cm³/mol. The van der Waals surface area contributed by atoms with Gasteiger partial charge in [0.15, 0.2) is 23.0 Å². The summed E-state index contributed by atoms with van der Waals surface area (Å²) in [6.45, 7) is 10.0. The van der Waals surface area contributed by atoms with Gasteiger partial charge in [0.2, 0.25) is 17.7 Å². The van der Waals surface area contributed by atoms with Gasteiger partial charge in [-0.05, 0) is 91.4 Å². The minimum atomic E-state index is -0.925. The lowest BCUT2D eigenvalue weighted by molar-refractivity contribution is -0.137. The Bertz CT molecular complexity index is 3380. The van der Waals surface area contributed by atoms with E-state index < -0.39 is 23.9 Å². The summed E-state index contributed by atoms with van der Waals surface area (Å²) >= 11 is 0. The third-order valence-electron chi connectivity index (χ3n) is 16.1. The summed E-state index contributed by atoms with van der Waals surface area (Å²) in [6, 6.07) is 20.2. The number of amides is 7. The highest BCUT2D eigenvalue weighted by Crippen LogP contribution is 2.42. The van der Waals surface area contributed by atoms with Crippen molar-refractivity contribution in [3.8, 4) is 23.0 Å². The molecule has 21 nitrogen and oxygen atoms in total. The van der Waals surface area contributed by atoms with Crippen LogP contribution in [0.1, 0.15) is 97.6 Å². The first kappa shape index (κ1) is 59.1. The van der Waals surface area contributed by atoms with Crippen LogP contribution < -0.4 is 39.8 Å². The first-order chi connectivity index (χ1) is 41.0. The smallest absolute Gasteiger partial charge is 0.260 e. The molecule has 444 valence electrons. The molecular weight excluding hydrogens is 1080 g/mol. The van der Waals surface area contributed by atoms with Crippen LogP contribution in [0.15, 0.2) is 107 Å². The molecule has 85 heavy (non-hydrogen) atoms. The molecule has 0 bridgehead atoms. The van der Waals surface area contributed by atoms with Crippen molar-refractivity contribution in [2.45, 2.75) is 89.9 Å². The number of hydrogen-bond donors (Lipinski definition) is 3. The van der Waals surface area contributed by atoms with Gasteiger partial charge in [0.1, 0.15) is 12.1 Å². The number of unbranched alkanes of at least 4 members (excludes halogenated alkanes) is 2. The lowest BCUT2D eigenvalue weighted by atomic mass is 10.0. The van der Waals surface area contributed by atoms with Crippen LogP contribution in [0.25, 0.3) is 11.1 Å². The molecule has 0 aromatic heterocycles. The highest BCUT2D eigenvalue weighted by molar-refractivity contribution is 6.13. The van der Waals surface area contributed by atoms with E-state index in [0.717, 1.165) is 48.5 Å². The molecule has 4 aromatic rings. The summed E-state index contributed by atoms with van der Waals surface area (Å²) in [6.07, 6.45) is 13.3. The molecule has 1 unspecified atom stereocenters. The number of methoxy groups -OCH3 is 2. The van der Waals surface area contributed by atoms with Gasteiger partial charge >= 0.3 is 0 Å². The van der Waals surface area contributed by atoms with E-state index in [9.17, 15) is 33.6 Å². The molecule has 6 aliphatic rings. The van der Waals surface area contributed by atoms with Crippen molar-refractivity contribution in [3.63, 3.8) is 0 Å². The zero-order valence-electron chi connectivity index (χ0n) is 48.8. The first-order valence-electron chi connectivity index (χ1n) is 29.0. The average Bonchev–Trinajstić information content (AvgIpc) is 2.83. The Labute approximate surface area is 494 Å². The largest absolute Gasteiger partial charge is 0.493 e. The Morgan fingerprint density at radius 3 is 1.67 bits per heavy atom. The number of anilines is 2. The molecule has 0 radical (unpaired) electrons. The first-order valence-corrected chi connectivity index (χ1v) is 29.0. The molecule has 7 amide bonds. The number of imide groups is 1. The maximum absolute atomic E-state index is 14.2. The van der Waals surface area contributed by atoms with Crippen molar-refractivity contribution in [3.05, 3.63) is 120 Å². The molecule has 10 rings (SSSR count). The second-order valence-corrected chi connectivity index (χ2v) is 22.3. The molecule has 3 N–H and O–H groups in total. The van der Waals surface area contributed by atoms with Gasteiger partial charge in [-0.15, -0.1) is 0 Å². The number of likely N-dealkylation sites (N-methyl/N-ethyl adjacent to an activating group) is 1. The van der Waals surface area contributed by atoms with Crippen LogP contribution in [0.3, 0.4) is 0 Å². The number of fused-ring (bicyclic) bond motifs is 4. The van der Waals surface area contributed by atoms with E-state index in [2.05, 4.69) is 57.1 Å². The molecule has 1 fully saturated rings. The van der Waals surface area contributed by atoms with E-state index >= 15 is 0 Å². The standard InChI is InChI=1S/C64H72N10O11/c1-39(2)60(69-57(75)11-8-7-9-22-72-58(76)20-21-59(72)77)62(79)67-40(3)61(78)68-45-16-12-41(13-17-45)43-29-47-35-65-51-33-55(53(82-5)31-49(51)63(80)73(47)37-43)84-27-10-28-85-56-34-52-50(32-54(56)83-6)64(81)74-38-44(30-48(74)36-66-52)42-14-18-46(19-15-42)71-25-23-70(4)24-26-71/h12-21,31-40,47-48,60H,7-11,22-30H2,1-6H3,(H,67,79)(H,68,78)(H,69,75)/t40-,47?,48-,60-/m0/s1. The number of nitrogens with zero attached hydrogens (tertiary/aromatic N) is 7. The highest BCUT2D eigenvalue weighted by atomic mass is 16.5. The fourth-order valence-electron chi connectivity index (χ4n) is 11.1. The van der Waals surface area contributed by atoms with Gasteiger partial charge in [0.25, 0.3) is 23.6 Å². The van der Waals surface area contributed by atoms with Crippen molar-refractivity contribution < 1.29 is 52.5 Å². The summed E-state index contributed by atoms with van der Waals surface area (Å²) in [7, 11) is 5.20. The normalized spacial score (nSPS) is 18.7. The molecule has 6 aliphatic heterocycles. The van der Waals surface area contributed by atoms with Gasteiger partial charge in [-0.2, -0.15) is 0 Å². The number of ether oxygens (including phenoxy) is 4. The molecule has 6 heterocycles. The molecule has 0 aliphatic carbocycles. The van der Waals surface area contributed by atoms with E-state index in [0.29, 0.717) is 89.7 Å². The lowest BCUT2D eigenvalue weighted by Gasteiger charge is -2.34. The Hall–Kier alpha value is -9.11. The van der Waals surface area contributed by atoms with Crippen molar-refractivity contribution in [2.75, 3.05) is 77.4 Å². The van der Waals surface area contributed by atoms with Crippen molar-refractivity contribution in [1.82, 2.24) is 30.2 Å². The van der Waals surface area contributed by atoms with Gasteiger partial charge < -0.3 is 54.5 Å². The van der Waals surface area contributed by atoms with Crippen LogP contribution in [0.5, 0.6) is 23.0 Å². The van der Waals surface area contributed by atoms with Crippen molar-refractivity contribution >= 4 is 87.7 Å². The van der Waals surface area contributed by atoms with Gasteiger partial charge in [-0.1, -0.05) is 44.5 Å². The second-order valence-electron chi connectivity index (χ2n) is 22.3. The summed E-state index contributed by atoms with van der Waals surface area (Å²) in [5.41, 5.74) is 7.33. The maximum Gasteiger partial charge on any atom is 0.260 e. The van der Waals surface area contributed by atoms with Crippen LogP contribution in [-0.2, 0) is 24.0 Å². The maximum atomic E-state index is 14.2. The summed E-state index contributed by atoms with van der Waals surface area (Å²) in [5, 5.41) is 8.35. The molecule has 0 spiro atoms. The monoisotopic (exact) mass is 1160 g/mol. The Kier molecular flexibility index (Phi) is 18.2. The fourth-order valence-corrected chi connectivity index (χ4v) is 11.1. The summed E-state index contributed by atoms with van der Waals surface area (Å²) in [5.74, 6) is -0.961. The molecular formula is C64H72N10O11.